The molecule has 0 spiro atoms. The predicted octanol–water partition coefficient (Wildman–Crippen LogP) is 5.56. The van der Waals surface area contributed by atoms with Crippen molar-refractivity contribution < 1.29 is 4.74 Å². The SMILES string of the molecule is COc1ccc(C(Br)c2cc(Br)ccc2C)cc1C. The van der Waals surface area contributed by atoms with Crippen LogP contribution in [0.2, 0.25) is 0 Å². The van der Waals surface area contributed by atoms with Gasteiger partial charge in [0, 0.05) is 4.47 Å². The van der Waals surface area contributed by atoms with Crippen molar-refractivity contribution in [3.63, 3.8) is 0 Å². The van der Waals surface area contributed by atoms with Gasteiger partial charge < -0.3 is 4.74 Å². The van der Waals surface area contributed by atoms with Gasteiger partial charge in [-0.2, -0.15) is 0 Å². The third kappa shape index (κ3) is 3.21. The van der Waals surface area contributed by atoms with Gasteiger partial charge in [0.2, 0.25) is 0 Å². The number of hydrogen-bond acceptors (Lipinski definition) is 1. The second kappa shape index (κ2) is 6.10. The van der Waals surface area contributed by atoms with Crippen molar-refractivity contribution in [3.05, 3.63) is 63.1 Å². The fourth-order valence-corrected chi connectivity index (χ4v) is 3.28. The molecule has 0 N–H and O–H groups in total. The zero-order chi connectivity index (χ0) is 14.0. The highest BCUT2D eigenvalue weighted by Crippen LogP contribution is 2.35. The minimum absolute atomic E-state index is 0.189. The first-order chi connectivity index (χ1) is 9.02. The molecule has 1 nitrogen and oxygen atoms in total. The molecule has 3 heteroatoms. The van der Waals surface area contributed by atoms with Gasteiger partial charge in [-0.1, -0.05) is 50.1 Å². The van der Waals surface area contributed by atoms with Crippen molar-refractivity contribution in [2.24, 2.45) is 0 Å². The van der Waals surface area contributed by atoms with Gasteiger partial charge in [0.15, 0.2) is 0 Å². The molecule has 2 aromatic rings. The number of ether oxygens (including phenoxy) is 1. The molecule has 0 aliphatic carbocycles. The summed E-state index contributed by atoms with van der Waals surface area (Å²) in [7, 11) is 1.70. The first kappa shape index (κ1) is 14.6. The van der Waals surface area contributed by atoms with Gasteiger partial charge in [0.1, 0.15) is 5.75 Å². The van der Waals surface area contributed by atoms with Crippen LogP contribution in [0.3, 0.4) is 0 Å². The summed E-state index contributed by atoms with van der Waals surface area (Å²) in [6, 6.07) is 12.6. The van der Waals surface area contributed by atoms with E-state index >= 15 is 0 Å². The Bertz CT molecular complexity index is 593. The van der Waals surface area contributed by atoms with Crippen LogP contribution in [-0.2, 0) is 0 Å². The van der Waals surface area contributed by atoms with Crippen LogP contribution in [0.25, 0.3) is 0 Å². The molecule has 0 amide bonds. The Morgan fingerprint density at radius 2 is 1.74 bits per heavy atom. The van der Waals surface area contributed by atoms with Crippen LogP contribution >= 0.6 is 31.9 Å². The van der Waals surface area contributed by atoms with E-state index in [4.69, 9.17) is 4.74 Å². The van der Waals surface area contributed by atoms with Crippen molar-refractivity contribution in [3.8, 4) is 5.75 Å². The Kier molecular flexibility index (Phi) is 4.69. The molecule has 0 aliphatic rings. The normalized spacial score (nSPS) is 12.3. The molecule has 100 valence electrons. The molecule has 0 heterocycles. The first-order valence-corrected chi connectivity index (χ1v) is 7.78. The smallest absolute Gasteiger partial charge is 0.121 e. The Morgan fingerprint density at radius 3 is 2.37 bits per heavy atom. The van der Waals surface area contributed by atoms with E-state index in [1.807, 2.05) is 6.07 Å². The Balaban J connectivity index is 2.41. The maximum Gasteiger partial charge on any atom is 0.121 e. The largest absolute Gasteiger partial charge is 0.496 e. The predicted molar refractivity (Wildman–Crippen MR) is 87.4 cm³/mol. The summed E-state index contributed by atoms with van der Waals surface area (Å²) in [5, 5.41) is 0. The first-order valence-electron chi connectivity index (χ1n) is 6.07. The molecule has 1 atom stereocenters. The summed E-state index contributed by atoms with van der Waals surface area (Å²) in [5.74, 6) is 0.925. The molecule has 0 saturated carbocycles. The lowest BCUT2D eigenvalue weighted by atomic mass is 9.99. The molecule has 2 aromatic carbocycles. The average molecular weight is 384 g/mol. The van der Waals surface area contributed by atoms with Crippen molar-refractivity contribution in [2.45, 2.75) is 18.7 Å². The van der Waals surface area contributed by atoms with Gasteiger partial charge in [-0.05, 0) is 54.3 Å². The number of alkyl halides is 1. The van der Waals surface area contributed by atoms with Gasteiger partial charge in [-0.15, -0.1) is 0 Å². The lowest BCUT2D eigenvalue weighted by Crippen LogP contribution is -1.97. The summed E-state index contributed by atoms with van der Waals surface area (Å²) in [6.45, 7) is 4.20. The topological polar surface area (TPSA) is 9.23 Å². The van der Waals surface area contributed by atoms with E-state index in [-0.39, 0.29) is 4.83 Å². The summed E-state index contributed by atoms with van der Waals surface area (Å²) in [4.78, 5) is 0.189. The Morgan fingerprint density at radius 1 is 1.00 bits per heavy atom. The van der Waals surface area contributed by atoms with Crippen molar-refractivity contribution in [1.82, 2.24) is 0 Å². The number of aryl methyl sites for hydroxylation is 2. The summed E-state index contributed by atoms with van der Waals surface area (Å²) < 4.78 is 6.41. The van der Waals surface area contributed by atoms with E-state index in [2.05, 4.69) is 76.0 Å². The van der Waals surface area contributed by atoms with Crippen LogP contribution in [0.4, 0.5) is 0 Å². The second-order valence-electron chi connectivity index (χ2n) is 4.59. The molecular formula is C16H16Br2O. The Hall–Kier alpha value is -0.800. The highest BCUT2D eigenvalue weighted by atomic mass is 79.9. The fraction of sp³-hybridized carbons (Fsp3) is 0.250. The quantitative estimate of drug-likeness (QED) is 0.630. The third-order valence-corrected chi connectivity index (χ3v) is 4.74. The number of hydrogen-bond donors (Lipinski definition) is 0. The van der Waals surface area contributed by atoms with E-state index in [9.17, 15) is 0 Å². The highest BCUT2D eigenvalue weighted by Gasteiger charge is 2.14. The van der Waals surface area contributed by atoms with Gasteiger partial charge >= 0.3 is 0 Å². The minimum Gasteiger partial charge on any atom is -0.496 e. The number of benzene rings is 2. The second-order valence-corrected chi connectivity index (χ2v) is 6.42. The maximum atomic E-state index is 5.31. The monoisotopic (exact) mass is 382 g/mol. The van der Waals surface area contributed by atoms with Crippen molar-refractivity contribution >= 4 is 31.9 Å². The minimum atomic E-state index is 0.189. The van der Waals surface area contributed by atoms with Crippen LogP contribution in [0.1, 0.15) is 27.1 Å². The molecule has 0 radical (unpaired) electrons. The van der Waals surface area contributed by atoms with Crippen LogP contribution < -0.4 is 4.74 Å². The molecule has 0 fully saturated rings. The van der Waals surface area contributed by atoms with E-state index in [0.29, 0.717) is 0 Å². The van der Waals surface area contributed by atoms with Crippen LogP contribution in [0.15, 0.2) is 40.9 Å². The summed E-state index contributed by atoms with van der Waals surface area (Å²) in [5.41, 5.74) is 4.94. The molecule has 19 heavy (non-hydrogen) atoms. The molecule has 0 aromatic heterocycles. The number of rotatable bonds is 3. The highest BCUT2D eigenvalue weighted by molar-refractivity contribution is 9.10. The van der Waals surface area contributed by atoms with Gasteiger partial charge in [-0.25, -0.2) is 0 Å². The summed E-state index contributed by atoms with van der Waals surface area (Å²) in [6.07, 6.45) is 0. The van der Waals surface area contributed by atoms with Crippen LogP contribution in [0.5, 0.6) is 5.75 Å². The number of halogens is 2. The van der Waals surface area contributed by atoms with Crippen molar-refractivity contribution in [1.29, 1.82) is 0 Å². The lowest BCUT2D eigenvalue weighted by Gasteiger charge is -2.16. The molecule has 2 rings (SSSR count). The maximum absolute atomic E-state index is 5.31. The zero-order valence-corrected chi connectivity index (χ0v) is 14.4. The van der Waals surface area contributed by atoms with E-state index < -0.39 is 0 Å². The van der Waals surface area contributed by atoms with Gasteiger partial charge in [-0.3, -0.25) is 0 Å². The third-order valence-electron chi connectivity index (χ3n) is 3.23. The average Bonchev–Trinajstić information content (AvgIpc) is 2.40. The molecule has 0 aliphatic heterocycles. The van der Waals surface area contributed by atoms with Gasteiger partial charge in [0.25, 0.3) is 0 Å². The zero-order valence-electron chi connectivity index (χ0n) is 11.2. The molecule has 0 saturated heterocycles. The molecule has 0 bridgehead atoms. The standard InChI is InChI=1S/C16H16Br2O/c1-10-4-6-13(17)9-14(10)16(18)12-5-7-15(19-3)11(2)8-12/h4-9,16H,1-3H3. The summed E-state index contributed by atoms with van der Waals surface area (Å²) >= 11 is 7.33. The lowest BCUT2D eigenvalue weighted by molar-refractivity contribution is 0.411. The Labute approximate surface area is 131 Å². The van der Waals surface area contributed by atoms with Crippen LogP contribution in [-0.4, -0.2) is 7.11 Å². The molecular weight excluding hydrogens is 368 g/mol. The van der Waals surface area contributed by atoms with E-state index in [1.165, 1.54) is 16.7 Å². The van der Waals surface area contributed by atoms with Crippen molar-refractivity contribution in [2.75, 3.05) is 7.11 Å². The van der Waals surface area contributed by atoms with Gasteiger partial charge in [0.05, 0.1) is 11.9 Å². The van der Waals surface area contributed by atoms with E-state index in [1.54, 1.807) is 7.11 Å². The molecule has 1 unspecified atom stereocenters. The van der Waals surface area contributed by atoms with E-state index in [0.717, 1.165) is 15.8 Å². The number of methoxy groups -OCH3 is 1. The fourth-order valence-electron chi connectivity index (χ4n) is 2.12. The van der Waals surface area contributed by atoms with Crippen LogP contribution in [0, 0.1) is 13.8 Å².